The van der Waals surface area contributed by atoms with Crippen molar-refractivity contribution < 1.29 is 13.9 Å². The van der Waals surface area contributed by atoms with E-state index in [0.717, 1.165) is 19.3 Å². The Bertz CT molecular complexity index is 501. The monoisotopic (exact) mass is 498 g/mol. The van der Waals surface area contributed by atoms with Crippen molar-refractivity contribution in [2.24, 2.45) is 0 Å². The van der Waals surface area contributed by atoms with Crippen LogP contribution in [0, 0.1) is 0 Å². The van der Waals surface area contributed by atoms with Crippen LogP contribution >= 0.6 is 8.03 Å². The second-order valence-corrected chi connectivity index (χ2v) is 12.8. The Morgan fingerprint density at radius 3 is 1.29 bits per heavy atom. The molecule has 0 rings (SSSR count). The van der Waals surface area contributed by atoms with Crippen LogP contribution in [0.15, 0.2) is 12.2 Å². The van der Waals surface area contributed by atoms with E-state index in [2.05, 4.69) is 19.1 Å². The van der Waals surface area contributed by atoms with Crippen LogP contribution in [0.1, 0.15) is 155 Å². The summed E-state index contributed by atoms with van der Waals surface area (Å²) in [6.45, 7) is 4.30. The molecule has 0 saturated heterocycles. The molecule has 4 heteroatoms. The third kappa shape index (κ3) is 16.4. The lowest BCUT2D eigenvalue weighted by Crippen LogP contribution is -2.55. The van der Waals surface area contributed by atoms with Crippen molar-refractivity contribution >= 4 is 8.03 Å². The van der Waals surface area contributed by atoms with Crippen molar-refractivity contribution in [2.75, 3.05) is 21.1 Å². The van der Waals surface area contributed by atoms with Gasteiger partial charge in [-0.25, -0.2) is 0 Å². The molecule has 0 bridgehead atoms. The maximum atomic E-state index is 12.0. The molecule has 0 aliphatic carbocycles. The Kier molecular flexibility index (Phi) is 21.8. The first-order valence-corrected chi connectivity index (χ1v) is 16.1. The summed E-state index contributed by atoms with van der Waals surface area (Å²) < 4.78 is 12.5. The fourth-order valence-corrected chi connectivity index (χ4v) is 6.26. The molecule has 0 aliphatic heterocycles. The molecule has 0 aromatic rings. The van der Waals surface area contributed by atoms with Gasteiger partial charge in [0.2, 0.25) is 0 Å². The molecule has 0 amide bonds. The standard InChI is InChI=1S/C30H61NO2P/c1-6-8-9-10-11-12-13-14-15-16-17-18-19-20-21-22-23-24-25-26-27-28-29-30(7-2,34(32)33)31(3,4)5/h21-22H,6-20,23-29H2,1-5H3/q+1/b22-21-. The van der Waals surface area contributed by atoms with Crippen molar-refractivity contribution in [1.82, 2.24) is 0 Å². The lowest BCUT2D eigenvalue weighted by molar-refractivity contribution is -0.910. The minimum absolute atomic E-state index is 0.506. The van der Waals surface area contributed by atoms with Crippen LogP contribution in [0.4, 0.5) is 0 Å². The average Bonchev–Trinajstić information content (AvgIpc) is 2.78. The summed E-state index contributed by atoms with van der Waals surface area (Å²) in [5.74, 6) is 0. The normalized spacial score (nSPS) is 14.6. The van der Waals surface area contributed by atoms with Crippen molar-refractivity contribution in [2.45, 2.75) is 160 Å². The van der Waals surface area contributed by atoms with Crippen molar-refractivity contribution in [3.63, 3.8) is 0 Å². The SMILES string of the molecule is CCCCCCCCCCCCCCC/C=C\CCCCCCCC(CC)([P+](=O)[O-])[N+](C)(C)C. The molecule has 2 unspecified atom stereocenters. The van der Waals surface area contributed by atoms with Gasteiger partial charge in [-0.15, -0.1) is 0 Å². The Labute approximate surface area is 215 Å². The summed E-state index contributed by atoms with van der Waals surface area (Å²) in [7, 11) is 3.62. The maximum absolute atomic E-state index is 12.0. The Balaban J connectivity index is 3.49. The molecule has 0 aromatic heterocycles. The fourth-order valence-electron chi connectivity index (χ4n) is 5.17. The second-order valence-electron chi connectivity index (χ2n) is 11.4. The first-order chi connectivity index (χ1) is 16.3. The van der Waals surface area contributed by atoms with E-state index in [-0.39, 0.29) is 0 Å². The summed E-state index contributed by atoms with van der Waals surface area (Å²) in [4.78, 5) is 12.0. The number of allylic oxidation sites excluding steroid dienone is 2. The van der Waals surface area contributed by atoms with Crippen LogP contribution in [0.5, 0.6) is 0 Å². The first kappa shape index (κ1) is 33.8. The molecule has 0 fully saturated rings. The van der Waals surface area contributed by atoms with Crippen LogP contribution in [-0.4, -0.2) is 30.9 Å². The van der Waals surface area contributed by atoms with Gasteiger partial charge in [-0.2, -0.15) is 0 Å². The van der Waals surface area contributed by atoms with Crippen LogP contribution in [0.3, 0.4) is 0 Å². The Hall–Kier alpha value is -0.240. The topological polar surface area (TPSA) is 40.1 Å². The van der Waals surface area contributed by atoms with Gasteiger partial charge in [0.15, 0.2) is 0 Å². The number of rotatable bonds is 25. The van der Waals surface area contributed by atoms with Gasteiger partial charge in [-0.05, 0) is 32.1 Å². The molecule has 34 heavy (non-hydrogen) atoms. The van der Waals surface area contributed by atoms with E-state index in [1.54, 1.807) is 0 Å². The van der Waals surface area contributed by atoms with Crippen LogP contribution < -0.4 is 4.89 Å². The van der Waals surface area contributed by atoms with Gasteiger partial charge < -0.3 is 4.89 Å². The van der Waals surface area contributed by atoms with Gasteiger partial charge >= 0.3 is 8.03 Å². The highest BCUT2D eigenvalue weighted by molar-refractivity contribution is 7.38. The second kappa shape index (κ2) is 22.0. The number of hydrogen-bond donors (Lipinski definition) is 0. The van der Waals surface area contributed by atoms with Crippen LogP contribution in [0.2, 0.25) is 0 Å². The maximum Gasteiger partial charge on any atom is 0.376 e. The molecule has 2 atom stereocenters. The highest BCUT2D eigenvalue weighted by atomic mass is 31.1. The minimum atomic E-state index is -2.42. The Morgan fingerprint density at radius 2 is 0.971 bits per heavy atom. The molecule has 0 N–H and O–H groups in total. The van der Waals surface area contributed by atoms with Gasteiger partial charge in [0.1, 0.15) is 0 Å². The van der Waals surface area contributed by atoms with E-state index in [1.807, 2.05) is 28.1 Å². The smallest absolute Gasteiger partial charge is 0.376 e. The molecule has 0 spiro atoms. The average molecular weight is 499 g/mol. The van der Waals surface area contributed by atoms with Crippen molar-refractivity contribution in [3.05, 3.63) is 12.2 Å². The molecule has 3 nitrogen and oxygen atoms in total. The van der Waals surface area contributed by atoms with Crippen LogP contribution in [0.25, 0.3) is 0 Å². The summed E-state index contributed by atoms with van der Waals surface area (Å²) in [5, 5.41) is -0.606. The van der Waals surface area contributed by atoms with Gasteiger partial charge in [0.05, 0.1) is 21.1 Å². The van der Waals surface area contributed by atoms with E-state index in [0.29, 0.717) is 10.9 Å². The number of unbranched alkanes of at least 4 members (excludes halogenated alkanes) is 18. The minimum Gasteiger partial charge on any atom is -0.590 e. The summed E-state index contributed by atoms with van der Waals surface area (Å²) in [5.41, 5.74) is 0. The summed E-state index contributed by atoms with van der Waals surface area (Å²) in [6, 6.07) is 0. The lowest BCUT2D eigenvalue weighted by Gasteiger charge is -2.39. The largest absolute Gasteiger partial charge is 0.590 e. The van der Waals surface area contributed by atoms with Crippen molar-refractivity contribution in [1.29, 1.82) is 0 Å². The zero-order valence-electron chi connectivity index (χ0n) is 23.9. The highest BCUT2D eigenvalue weighted by Crippen LogP contribution is 2.44. The summed E-state index contributed by atoms with van der Waals surface area (Å²) >= 11 is 0. The number of nitrogens with zero attached hydrogens (tertiary/aromatic N) is 1. The molecule has 202 valence electrons. The molecule has 0 aliphatic rings. The van der Waals surface area contributed by atoms with Crippen LogP contribution in [-0.2, 0) is 4.57 Å². The third-order valence-corrected chi connectivity index (χ3v) is 9.56. The van der Waals surface area contributed by atoms with Gasteiger partial charge in [-0.1, -0.05) is 127 Å². The van der Waals surface area contributed by atoms with E-state index in [1.165, 1.54) is 116 Å². The molecule has 0 saturated carbocycles. The fraction of sp³-hybridized carbons (Fsp3) is 0.933. The molecule has 0 radical (unpaired) electrons. The molecular weight excluding hydrogens is 437 g/mol. The Morgan fingerprint density at radius 1 is 0.618 bits per heavy atom. The summed E-state index contributed by atoms with van der Waals surface area (Å²) in [6.07, 6.45) is 33.1. The third-order valence-electron chi connectivity index (χ3n) is 7.74. The predicted octanol–water partition coefficient (Wildman–Crippen LogP) is 9.67. The molecular formula is C30H61NO2P+. The zero-order valence-corrected chi connectivity index (χ0v) is 24.8. The quantitative estimate of drug-likeness (QED) is 0.0544. The highest BCUT2D eigenvalue weighted by Gasteiger charge is 2.52. The van der Waals surface area contributed by atoms with E-state index in [4.69, 9.17) is 0 Å². The first-order valence-electron chi connectivity index (χ1n) is 14.9. The van der Waals surface area contributed by atoms with Gasteiger partial charge in [0.25, 0.3) is 5.28 Å². The number of hydrogen-bond acceptors (Lipinski definition) is 2. The number of quaternary nitrogens is 1. The zero-order chi connectivity index (χ0) is 25.5. The van der Waals surface area contributed by atoms with Gasteiger partial charge in [-0.3, -0.25) is 4.48 Å². The van der Waals surface area contributed by atoms with E-state index in [9.17, 15) is 9.46 Å². The lowest BCUT2D eigenvalue weighted by atomic mass is 10.0. The molecule has 0 aromatic carbocycles. The molecule has 0 heterocycles. The van der Waals surface area contributed by atoms with E-state index >= 15 is 0 Å². The van der Waals surface area contributed by atoms with Gasteiger partial charge in [0, 0.05) is 12.8 Å². The van der Waals surface area contributed by atoms with E-state index < -0.39 is 13.3 Å². The predicted molar refractivity (Wildman–Crippen MR) is 150 cm³/mol. The van der Waals surface area contributed by atoms with Crippen molar-refractivity contribution in [3.8, 4) is 0 Å².